The molecule has 3 rings (SSSR count). The van der Waals surface area contributed by atoms with E-state index in [9.17, 15) is 4.79 Å². The van der Waals surface area contributed by atoms with Gasteiger partial charge in [0, 0.05) is 32.2 Å². The fourth-order valence-corrected chi connectivity index (χ4v) is 3.06. The van der Waals surface area contributed by atoms with Gasteiger partial charge in [0.25, 0.3) is 5.91 Å². The minimum atomic E-state index is -0.0303. The lowest BCUT2D eigenvalue weighted by molar-refractivity contribution is 0.0959. The molecule has 1 aliphatic rings. The number of nitrogens with zero attached hydrogens (tertiary/aromatic N) is 3. The highest BCUT2D eigenvalue weighted by molar-refractivity contribution is 7.12. The molecule has 1 saturated heterocycles. The van der Waals surface area contributed by atoms with Gasteiger partial charge in [-0.05, 0) is 24.3 Å². The lowest BCUT2D eigenvalue weighted by Crippen LogP contribution is -2.28. The van der Waals surface area contributed by atoms with E-state index in [1.807, 2.05) is 23.6 Å². The third-order valence-corrected chi connectivity index (χ3v) is 4.41. The molecule has 0 radical (unpaired) electrons. The first-order valence-corrected chi connectivity index (χ1v) is 8.33. The molecule has 1 amide bonds. The van der Waals surface area contributed by atoms with Gasteiger partial charge in [0.15, 0.2) is 0 Å². The number of carbonyl (C=O) groups excluding carboxylic acids is 1. The zero-order chi connectivity index (χ0) is 15.2. The van der Waals surface area contributed by atoms with Crippen LogP contribution in [0.5, 0.6) is 0 Å². The van der Waals surface area contributed by atoms with Crippen molar-refractivity contribution in [2.75, 3.05) is 36.4 Å². The Bertz CT molecular complexity index is 610. The van der Waals surface area contributed by atoms with Gasteiger partial charge < -0.3 is 15.5 Å². The third kappa shape index (κ3) is 3.73. The Morgan fingerprint density at radius 3 is 2.91 bits per heavy atom. The maximum Gasteiger partial charge on any atom is 0.261 e. The minimum Gasteiger partial charge on any atom is -0.368 e. The van der Waals surface area contributed by atoms with E-state index in [2.05, 4.69) is 25.5 Å². The number of amides is 1. The molecule has 1 fully saturated rings. The van der Waals surface area contributed by atoms with Crippen LogP contribution in [0.2, 0.25) is 0 Å². The number of carbonyl (C=O) groups is 1. The summed E-state index contributed by atoms with van der Waals surface area (Å²) in [4.78, 5) is 23.3. The van der Waals surface area contributed by atoms with E-state index in [1.165, 1.54) is 24.2 Å². The van der Waals surface area contributed by atoms with Crippen LogP contribution in [0.15, 0.2) is 29.9 Å². The Morgan fingerprint density at radius 1 is 1.27 bits per heavy atom. The topological polar surface area (TPSA) is 70.2 Å². The van der Waals surface area contributed by atoms with Crippen molar-refractivity contribution in [1.82, 2.24) is 15.3 Å². The van der Waals surface area contributed by atoms with Crippen molar-refractivity contribution in [1.29, 1.82) is 0 Å². The minimum absolute atomic E-state index is 0.0303. The maximum absolute atomic E-state index is 11.8. The molecule has 3 heterocycles. The molecule has 2 N–H and O–H groups in total. The average molecular weight is 317 g/mol. The van der Waals surface area contributed by atoms with Crippen LogP contribution in [-0.2, 0) is 0 Å². The highest BCUT2D eigenvalue weighted by Crippen LogP contribution is 2.18. The van der Waals surface area contributed by atoms with Crippen LogP contribution in [0.4, 0.5) is 11.6 Å². The van der Waals surface area contributed by atoms with E-state index in [0.717, 1.165) is 29.6 Å². The summed E-state index contributed by atoms with van der Waals surface area (Å²) in [6.45, 7) is 3.31. The first kappa shape index (κ1) is 14.8. The smallest absolute Gasteiger partial charge is 0.261 e. The quantitative estimate of drug-likeness (QED) is 0.797. The van der Waals surface area contributed by atoms with Gasteiger partial charge in [-0.2, -0.15) is 0 Å². The largest absolute Gasteiger partial charge is 0.368 e. The number of aromatic nitrogens is 2. The summed E-state index contributed by atoms with van der Waals surface area (Å²) in [5.74, 6) is 1.73. The van der Waals surface area contributed by atoms with E-state index in [4.69, 9.17) is 0 Å². The SMILES string of the molecule is O=C(NCCNc1cc(N2CCCC2)ncn1)c1cccs1. The fraction of sp³-hybridized carbons (Fsp3) is 0.400. The monoisotopic (exact) mass is 317 g/mol. The van der Waals surface area contributed by atoms with Crippen LogP contribution >= 0.6 is 11.3 Å². The van der Waals surface area contributed by atoms with Crippen LogP contribution < -0.4 is 15.5 Å². The highest BCUT2D eigenvalue weighted by atomic mass is 32.1. The summed E-state index contributed by atoms with van der Waals surface area (Å²) < 4.78 is 0. The molecule has 22 heavy (non-hydrogen) atoms. The molecular weight excluding hydrogens is 298 g/mol. The molecule has 116 valence electrons. The summed E-state index contributed by atoms with van der Waals surface area (Å²) in [5, 5.41) is 8.00. The summed E-state index contributed by atoms with van der Waals surface area (Å²) in [5.41, 5.74) is 0. The number of thiophene rings is 1. The second kappa shape index (κ2) is 7.22. The van der Waals surface area contributed by atoms with Crippen molar-refractivity contribution < 1.29 is 4.79 Å². The van der Waals surface area contributed by atoms with Gasteiger partial charge in [-0.15, -0.1) is 11.3 Å². The number of hydrogen-bond acceptors (Lipinski definition) is 6. The van der Waals surface area contributed by atoms with Crippen molar-refractivity contribution in [3.63, 3.8) is 0 Å². The Labute approximate surface area is 133 Å². The van der Waals surface area contributed by atoms with Gasteiger partial charge in [0.2, 0.25) is 0 Å². The standard InChI is InChI=1S/C15H19N5OS/c21-15(12-4-3-9-22-12)17-6-5-16-13-10-14(19-11-18-13)20-7-1-2-8-20/h3-4,9-11H,1-2,5-8H2,(H,17,21)(H,16,18,19). The third-order valence-electron chi connectivity index (χ3n) is 3.54. The number of hydrogen-bond donors (Lipinski definition) is 2. The molecule has 0 aliphatic carbocycles. The van der Waals surface area contributed by atoms with Crippen LogP contribution in [-0.4, -0.2) is 42.1 Å². The Hall–Kier alpha value is -2.15. The molecule has 6 nitrogen and oxygen atoms in total. The lowest BCUT2D eigenvalue weighted by atomic mass is 10.4. The predicted octanol–water partition coefficient (Wildman–Crippen LogP) is 1.98. The maximum atomic E-state index is 11.8. The molecule has 0 unspecified atom stereocenters. The van der Waals surface area contributed by atoms with Gasteiger partial charge in [-0.3, -0.25) is 4.79 Å². The summed E-state index contributed by atoms with van der Waals surface area (Å²) in [6.07, 6.45) is 4.03. The van der Waals surface area contributed by atoms with Crippen molar-refractivity contribution in [2.45, 2.75) is 12.8 Å². The first-order chi connectivity index (χ1) is 10.8. The second-order valence-corrected chi connectivity index (χ2v) is 6.06. The molecule has 7 heteroatoms. The molecular formula is C15H19N5OS. The molecule has 0 aromatic carbocycles. The Balaban J connectivity index is 1.45. The van der Waals surface area contributed by atoms with E-state index < -0.39 is 0 Å². The summed E-state index contributed by atoms with van der Waals surface area (Å²) >= 11 is 1.44. The van der Waals surface area contributed by atoms with Gasteiger partial charge in [-0.25, -0.2) is 9.97 Å². The molecule has 2 aromatic heterocycles. The summed E-state index contributed by atoms with van der Waals surface area (Å²) in [7, 11) is 0. The second-order valence-electron chi connectivity index (χ2n) is 5.12. The van der Waals surface area contributed by atoms with E-state index in [0.29, 0.717) is 13.1 Å². The number of nitrogens with one attached hydrogen (secondary N) is 2. The molecule has 0 spiro atoms. The molecule has 0 saturated carbocycles. The normalized spacial score (nSPS) is 14.1. The Morgan fingerprint density at radius 2 is 2.14 bits per heavy atom. The molecule has 0 bridgehead atoms. The first-order valence-electron chi connectivity index (χ1n) is 7.45. The van der Waals surface area contributed by atoms with Gasteiger partial charge in [-0.1, -0.05) is 6.07 Å². The van der Waals surface area contributed by atoms with Gasteiger partial charge >= 0.3 is 0 Å². The van der Waals surface area contributed by atoms with E-state index >= 15 is 0 Å². The fourth-order valence-electron chi connectivity index (χ4n) is 2.42. The van der Waals surface area contributed by atoms with Crippen LogP contribution in [0.3, 0.4) is 0 Å². The average Bonchev–Trinajstić information content (AvgIpc) is 3.24. The van der Waals surface area contributed by atoms with Crippen molar-refractivity contribution >= 4 is 28.9 Å². The summed E-state index contributed by atoms with van der Waals surface area (Å²) in [6, 6.07) is 5.66. The Kier molecular flexibility index (Phi) is 4.85. The lowest BCUT2D eigenvalue weighted by Gasteiger charge is -2.16. The van der Waals surface area contributed by atoms with Gasteiger partial charge in [0.1, 0.15) is 18.0 Å². The number of rotatable bonds is 6. The number of anilines is 2. The molecule has 2 aromatic rings. The molecule has 1 aliphatic heterocycles. The van der Waals surface area contributed by atoms with Crippen molar-refractivity contribution in [2.24, 2.45) is 0 Å². The van der Waals surface area contributed by atoms with E-state index in [1.54, 1.807) is 6.33 Å². The predicted molar refractivity (Wildman–Crippen MR) is 88.6 cm³/mol. The van der Waals surface area contributed by atoms with Gasteiger partial charge in [0.05, 0.1) is 4.88 Å². The zero-order valence-electron chi connectivity index (χ0n) is 12.3. The van der Waals surface area contributed by atoms with E-state index in [-0.39, 0.29) is 5.91 Å². The zero-order valence-corrected chi connectivity index (χ0v) is 13.1. The van der Waals surface area contributed by atoms with Crippen LogP contribution in [0, 0.1) is 0 Å². The van der Waals surface area contributed by atoms with Crippen molar-refractivity contribution in [3.05, 3.63) is 34.8 Å². The van der Waals surface area contributed by atoms with Crippen LogP contribution in [0.1, 0.15) is 22.5 Å². The molecule has 0 atom stereocenters. The van der Waals surface area contributed by atoms with Crippen LogP contribution in [0.25, 0.3) is 0 Å². The highest BCUT2D eigenvalue weighted by Gasteiger charge is 2.13. The van der Waals surface area contributed by atoms with Crippen molar-refractivity contribution in [3.8, 4) is 0 Å².